The van der Waals surface area contributed by atoms with Gasteiger partial charge in [-0.3, -0.25) is 4.40 Å². The minimum Gasteiger partial charge on any atom is -0.309 e. The van der Waals surface area contributed by atoms with Crippen LogP contribution in [0.4, 0.5) is 0 Å². The van der Waals surface area contributed by atoms with Gasteiger partial charge in [-0.25, -0.2) is 4.98 Å². The van der Waals surface area contributed by atoms with Gasteiger partial charge in [0.15, 0.2) is 0 Å². The highest BCUT2D eigenvalue weighted by Gasteiger charge is 2.18. The summed E-state index contributed by atoms with van der Waals surface area (Å²) in [4.78, 5) is 5.05. The monoisotopic (exact) mass is 676 g/mol. The van der Waals surface area contributed by atoms with E-state index in [2.05, 4.69) is 196 Å². The molecule has 0 radical (unpaired) electrons. The molecule has 0 spiro atoms. The summed E-state index contributed by atoms with van der Waals surface area (Å²) in [6, 6.07) is 67.5. The number of nitrogens with zero attached hydrogens (tertiary/aromatic N) is 4. The van der Waals surface area contributed by atoms with Crippen LogP contribution < -0.4 is 0 Å². The number of benzene rings is 7. The van der Waals surface area contributed by atoms with Crippen molar-refractivity contribution in [1.82, 2.24) is 18.5 Å². The van der Waals surface area contributed by atoms with E-state index >= 15 is 0 Å². The quantitative estimate of drug-likeness (QED) is 0.178. The van der Waals surface area contributed by atoms with E-state index in [9.17, 15) is 0 Å². The van der Waals surface area contributed by atoms with E-state index in [0.717, 1.165) is 33.8 Å². The van der Waals surface area contributed by atoms with Gasteiger partial charge in [0.05, 0.1) is 33.5 Å². The highest BCUT2D eigenvalue weighted by molar-refractivity contribution is 6.12. The Morgan fingerprint density at radius 1 is 0.340 bits per heavy atom. The number of aromatic nitrogens is 4. The van der Waals surface area contributed by atoms with Crippen LogP contribution in [-0.2, 0) is 0 Å². The van der Waals surface area contributed by atoms with Crippen molar-refractivity contribution in [3.8, 4) is 45.0 Å². The molecule has 4 aromatic heterocycles. The van der Waals surface area contributed by atoms with Crippen LogP contribution in [0.5, 0.6) is 0 Å². The van der Waals surface area contributed by atoms with Crippen LogP contribution in [0.2, 0.25) is 0 Å². The average Bonchev–Trinajstić information content (AvgIpc) is 3.89. The summed E-state index contributed by atoms with van der Waals surface area (Å²) in [5.74, 6) is 0. The first-order valence-corrected chi connectivity index (χ1v) is 18.1. The third-order valence-corrected chi connectivity index (χ3v) is 10.7. The van der Waals surface area contributed by atoms with Gasteiger partial charge in [-0.15, -0.1) is 0 Å². The normalized spacial score (nSPS) is 11.8. The van der Waals surface area contributed by atoms with Crippen LogP contribution in [0.3, 0.4) is 0 Å². The summed E-state index contributed by atoms with van der Waals surface area (Å²) in [6.07, 6.45) is 2.10. The van der Waals surface area contributed by atoms with Crippen molar-refractivity contribution in [3.05, 3.63) is 194 Å². The fraction of sp³-hybridized carbons (Fsp3) is 0. The van der Waals surface area contributed by atoms with Gasteiger partial charge in [-0.05, 0) is 83.9 Å². The molecule has 7 aromatic carbocycles. The molecule has 0 aliphatic rings. The SMILES string of the molecule is c1ccc(-c2nc3ccccn3c2-c2ccc(-n3c4ccccc4c4cc(-c5ccc6c(c5)c5ccccc5n6-c5ccccc5)ccc43)cc2)cc1. The molecule has 0 bridgehead atoms. The maximum atomic E-state index is 5.05. The zero-order valence-electron chi connectivity index (χ0n) is 28.8. The van der Waals surface area contributed by atoms with Crippen LogP contribution in [0.15, 0.2) is 194 Å². The smallest absolute Gasteiger partial charge is 0.137 e. The molecule has 0 amide bonds. The second-order valence-corrected chi connectivity index (χ2v) is 13.7. The number of fused-ring (bicyclic) bond motifs is 7. The number of para-hydroxylation sites is 3. The molecule has 4 heteroatoms. The second kappa shape index (κ2) is 11.7. The number of hydrogen-bond donors (Lipinski definition) is 0. The molecule has 0 unspecified atom stereocenters. The second-order valence-electron chi connectivity index (χ2n) is 13.7. The first-order valence-electron chi connectivity index (χ1n) is 18.1. The van der Waals surface area contributed by atoms with Gasteiger partial charge in [0.2, 0.25) is 0 Å². The summed E-state index contributed by atoms with van der Waals surface area (Å²) in [6.45, 7) is 0. The van der Waals surface area contributed by atoms with Gasteiger partial charge < -0.3 is 9.13 Å². The summed E-state index contributed by atoms with van der Waals surface area (Å²) in [5.41, 5.74) is 14.7. The van der Waals surface area contributed by atoms with E-state index in [4.69, 9.17) is 4.98 Å². The summed E-state index contributed by atoms with van der Waals surface area (Å²) >= 11 is 0. The predicted molar refractivity (Wildman–Crippen MR) is 220 cm³/mol. The van der Waals surface area contributed by atoms with Gasteiger partial charge in [-0.1, -0.05) is 115 Å². The van der Waals surface area contributed by atoms with Gasteiger partial charge in [0.25, 0.3) is 0 Å². The molecule has 0 saturated carbocycles. The molecule has 11 rings (SSSR count). The van der Waals surface area contributed by atoms with Crippen molar-refractivity contribution in [2.24, 2.45) is 0 Å². The first-order chi connectivity index (χ1) is 26.3. The fourth-order valence-electron chi connectivity index (χ4n) is 8.28. The predicted octanol–water partition coefficient (Wildman–Crippen LogP) is 12.5. The molecule has 0 atom stereocenters. The topological polar surface area (TPSA) is 27.2 Å². The third kappa shape index (κ3) is 4.59. The van der Waals surface area contributed by atoms with E-state index in [1.165, 1.54) is 60.4 Å². The molecule has 4 nitrogen and oxygen atoms in total. The van der Waals surface area contributed by atoms with E-state index in [0.29, 0.717) is 0 Å². The van der Waals surface area contributed by atoms with Gasteiger partial charge in [0.1, 0.15) is 5.65 Å². The molecule has 0 aliphatic carbocycles. The highest BCUT2D eigenvalue weighted by atomic mass is 15.0. The Morgan fingerprint density at radius 3 is 1.45 bits per heavy atom. The summed E-state index contributed by atoms with van der Waals surface area (Å²) in [5, 5.41) is 4.99. The highest BCUT2D eigenvalue weighted by Crippen LogP contribution is 2.39. The lowest BCUT2D eigenvalue weighted by molar-refractivity contribution is 1.17. The lowest BCUT2D eigenvalue weighted by Crippen LogP contribution is -1.95. The van der Waals surface area contributed by atoms with E-state index < -0.39 is 0 Å². The summed E-state index contributed by atoms with van der Waals surface area (Å²) in [7, 11) is 0. The Bertz CT molecular complexity index is 3150. The zero-order chi connectivity index (χ0) is 34.9. The van der Waals surface area contributed by atoms with Crippen molar-refractivity contribution >= 4 is 49.3 Å². The minimum atomic E-state index is 0.935. The van der Waals surface area contributed by atoms with Crippen LogP contribution in [0.1, 0.15) is 0 Å². The fourth-order valence-corrected chi connectivity index (χ4v) is 8.28. The molecule has 0 aliphatic heterocycles. The molecule has 0 saturated heterocycles. The molecule has 0 fully saturated rings. The van der Waals surface area contributed by atoms with Crippen LogP contribution >= 0.6 is 0 Å². The standard InChI is InChI=1S/C49H32N4/c1-3-13-33(14-4-1)48-49(51-30-12-11-21-47(51)50-48)34-22-26-38(27-23-34)53-44-20-10-8-18-40(44)42-32-36(25-29-46(42)53)35-24-28-45-41(31-35)39-17-7-9-19-43(39)52(45)37-15-5-2-6-16-37/h1-32H. The first kappa shape index (κ1) is 29.5. The van der Waals surface area contributed by atoms with E-state index in [-0.39, 0.29) is 0 Å². The maximum Gasteiger partial charge on any atom is 0.137 e. The van der Waals surface area contributed by atoms with Crippen LogP contribution in [0, 0.1) is 0 Å². The van der Waals surface area contributed by atoms with Crippen LogP contribution in [0.25, 0.3) is 94.3 Å². The van der Waals surface area contributed by atoms with Crippen molar-refractivity contribution in [2.45, 2.75) is 0 Å². The zero-order valence-corrected chi connectivity index (χ0v) is 28.8. The lowest BCUT2D eigenvalue weighted by Gasteiger charge is -2.11. The molecular weight excluding hydrogens is 645 g/mol. The lowest BCUT2D eigenvalue weighted by atomic mass is 10.0. The Morgan fingerprint density at radius 2 is 0.830 bits per heavy atom. The van der Waals surface area contributed by atoms with Crippen molar-refractivity contribution in [1.29, 1.82) is 0 Å². The van der Waals surface area contributed by atoms with Gasteiger partial charge in [0, 0.05) is 50.2 Å². The Labute approximate surface area is 306 Å². The van der Waals surface area contributed by atoms with Crippen molar-refractivity contribution in [2.75, 3.05) is 0 Å². The average molecular weight is 677 g/mol. The molecule has 0 N–H and O–H groups in total. The van der Waals surface area contributed by atoms with E-state index in [1.807, 2.05) is 12.1 Å². The number of rotatable bonds is 5. The van der Waals surface area contributed by atoms with Gasteiger partial charge in [-0.2, -0.15) is 0 Å². The number of hydrogen-bond acceptors (Lipinski definition) is 1. The largest absolute Gasteiger partial charge is 0.309 e. The molecule has 4 heterocycles. The Balaban J connectivity index is 1.04. The van der Waals surface area contributed by atoms with E-state index in [1.54, 1.807) is 0 Å². The number of pyridine rings is 1. The molecule has 11 aromatic rings. The third-order valence-electron chi connectivity index (χ3n) is 10.7. The van der Waals surface area contributed by atoms with Gasteiger partial charge >= 0.3 is 0 Å². The maximum absolute atomic E-state index is 5.05. The van der Waals surface area contributed by atoms with Crippen molar-refractivity contribution in [3.63, 3.8) is 0 Å². The Kier molecular flexibility index (Phi) is 6.52. The van der Waals surface area contributed by atoms with Crippen molar-refractivity contribution < 1.29 is 0 Å². The number of imidazole rings is 1. The Hall–Kier alpha value is -7.17. The van der Waals surface area contributed by atoms with Crippen LogP contribution in [-0.4, -0.2) is 18.5 Å². The molecular formula is C49H32N4. The minimum absolute atomic E-state index is 0.935. The molecule has 53 heavy (non-hydrogen) atoms. The molecule has 248 valence electrons. The summed E-state index contributed by atoms with van der Waals surface area (Å²) < 4.78 is 6.95.